The zero-order valence-electron chi connectivity index (χ0n) is 12.0. The molecular formula is C14H17N3O5. The quantitative estimate of drug-likeness (QED) is 0.517. The lowest BCUT2D eigenvalue weighted by atomic mass is 9.96. The first kappa shape index (κ1) is 15.2. The molecule has 3 rings (SSSR count). The van der Waals surface area contributed by atoms with Gasteiger partial charge in [-0.05, 0) is 5.53 Å². The Morgan fingerprint density at radius 3 is 2.77 bits per heavy atom. The number of hydrogen-bond donors (Lipinski definition) is 1. The van der Waals surface area contributed by atoms with E-state index in [1.807, 2.05) is 30.3 Å². The molecule has 8 heteroatoms. The van der Waals surface area contributed by atoms with Crippen molar-refractivity contribution < 1.29 is 24.1 Å². The second-order valence-electron chi connectivity index (χ2n) is 5.14. The fraction of sp³-hybridized carbons (Fsp3) is 0.571. The molecule has 1 aromatic carbocycles. The highest BCUT2D eigenvalue weighted by Gasteiger charge is 2.49. The van der Waals surface area contributed by atoms with E-state index in [0.717, 1.165) is 5.56 Å². The van der Waals surface area contributed by atoms with E-state index in [0.29, 0.717) is 0 Å². The number of aliphatic hydroxyl groups excluding tert-OH is 1. The molecule has 2 fully saturated rings. The standard InChI is InChI=1S/C14H17N3O5/c1-19-14-10(16-17-15)11(18)12-9(21-14)7-20-13(22-12)8-5-3-2-4-6-8/h2-6,9-14,18H,7H2,1H3/t9-,10+,11+,12+,13+,14-/m1/s1. The van der Waals surface area contributed by atoms with Crippen LogP contribution in [0.15, 0.2) is 35.4 Å². The van der Waals surface area contributed by atoms with Gasteiger partial charge in [0.2, 0.25) is 0 Å². The van der Waals surface area contributed by atoms with Crippen LogP contribution in [0.2, 0.25) is 0 Å². The maximum Gasteiger partial charge on any atom is 0.184 e. The van der Waals surface area contributed by atoms with Crippen LogP contribution in [0.4, 0.5) is 0 Å². The van der Waals surface area contributed by atoms with Crippen LogP contribution in [0.25, 0.3) is 10.4 Å². The minimum atomic E-state index is -1.03. The van der Waals surface area contributed by atoms with Gasteiger partial charge in [-0.25, -0.2) is 0 Å². The number of hydrogen-bond acceptors (Lipinski definition) is 6. The molecule has 1 aromatic rings. The highest BCUT2D eigenvalue weighted by Crippen LogP contribution is 2.35. The fourth-order valence-electron chi connectivity index (χ4n) is 2.73. The van der Waals surface area contributed by atoms with Gasteiger partial charge in [-0.1, -0.05) is 35.4 Å². The molecule has 0 saturated carbocycles. The Balaban J connectivity index is 1.79. The topological polar surface area (TPSA) is 106 Å². The van der Waals surface area contributed by atoms with Crippen molar-refractivity contribution in [2.24, 2.45) is 5.11 Å². The van der Waals surface area contributed by atoms with Gasteiger partial charge in [0.05, 0.1) is 12.7 Å². The minimum absolute atomic E-state index is 0.254. The minimum Gasteiger partial charge on any atom is -0.390 e. The lowest BCUT2D eigenvalue weighted by Gasteiger charge is -2.46. The molecule has 2 saturated heterocycles. The van der Waals surface area contributed by atoms with Gasteiger partial charge in [0, 0.05) is 17.6 Å². The molecule has 22 heavy (non-hydrogen) atoms. The zero-order chi connectivity index (χ0) is 15.5. The lowest BCUT2D eigenvalue weighted by molar-refractivity contribution is -0.338. The van der Waals surface area contributed by atoms with E-state index in [1.54, 1.807) is 0 Å². The third-order valence-corrected chi connectivity index (χ3v) is 3.82. The predicted molar refractivity (Wildman–Crippen MR) is 74.6 cm³/mol. The summed E-state index contributed by atoms with van der Waals surface area (Å²) >= 11 is 0. The van der Waals surface area contributed by atoms with Crippen molar-refractivity contribution in [1.82, 2.24) is 0 Å². The molecule has 0 aromatic heterocycles. The first-order valence-electron chi connectivity index (χ1n) is 6.97. The van der Waals surface area contributed by atoms with Crippen LogP contribution in [0.5, 0.6) is 0 Å². The Morgan fingerprint density at radius 2 is 2.09 bits per heavy atom. The van der Waals surface area contributed by atoms with E-state index in [1.165, 1.54) is 7.11 Å². The molecule has 2 aliphatic heterocycles. The summed E-state index contributed by atoms with van der Waals surface area (Å²) in [6.45, 7) is 0.254. The number of fused-ring (bicyclic) bond motifs is 1. The van der Waals surface area contributed by atoms with E-state index in [4.69, 9.17) is 24.5 Å². The monoisotopic (exact) mass is 307 g/mol. The molecule has 0 aliphatic carbocycles. The van der Waals surface area contributed by atoms with Crippen LogP contribution in [0.3, 0.4) is 0 Å². The largest absolute Gasteiger partial charge is 0.390 e. The first-order valence-corrected chi connectivity index (χ1v) is 6.97. The Bertz CT molecular complexity index is 551. The van der Waals surface area contributed by atoms with Crippen LogP contribution in [0.1, 0.15) is 11.9 Å². The van der Waals surface area contributed by atoms with Crippen molar-refractivity contribution >= 4 is 0 Å². The Hall–Kier alpha value is -1.67. The highest BCUT2D eigenvalue weighted by atomic mass is 16.7. The van der Waals surface area contributed by atoms with Gasteiger partial charge in [0.15, 0.2) is 12.6 Å². The van der Waals surface area contributed by atoms with Crippen molar-refractivity contribution in [3.05, 3.63) is 46.3 Å². The summed E-state index contributed by atoms with van der Waals surface area (Å²) in [6.07, 6.45) is -3.58. The third kappa shape index (κ3) is 2.80. The average Bonchev–Trinajstić information content (AvgIpc) is 2.58. The SMILES string of the molecule is CO[C@@H]1O[C@@H]2CO[C@H](c3ccccc3)O[C@@H]2[C@@H](O)[C@@H]1N=[N+]=[N-]. The molecule has 0 radical (unpaired) electrons. The number of benzene rings is 1. The summed E-state index contributed by atoms with van der Waals surface area (Å²) in [5.41, 5.74) is 9.50. The van der Waals surface area contributed by atoms with Crippen LogP contribution in [-0.4, -0.2) is 49.5 Å². The van der Waals surface area contributed by atoms with E-state index >= 15 is 0 Å². The molecule has 118 valence electrons. The van der Waals surface area contributed by atoms with Gasteiger partial charge in [-0.15, -0.1) is 0 Å². The third-order valence-electron chi connectivity index (χ3n) is 3.82. The lowest BCUT2D eigenvalue weighted by Crippen LogP contribution is -2.61. The molecule has 2 heterocycles. The van der Waals surface area contributed by atoms with Crippen molar-refractivity contribution in [2.75, 3.05) is 13.7 Å². The molecule has 1 N–H and O–H groups in total. The average molecular weight is 307 g/mol. The van der Waals surface area contributed by atoms with Gasteiger partial charge in [0.1, 0.15) is 18.2 Å². The zero-order valence-corrected chi connectivity index (χ0v) is 12.0. The number of azide groups is 1. The van der Waals surface area contributed by atoms with Crippen LogP contribution in [-0.2, 0) is 18.9 Å². The fourth-order valence-corrected chi connectivity index (χ4v) is 2.73. The molecule has 6 atom stereocenters. The van der Waals surface area contributed by atoms with Gasteiger partial charge >= 0.3 is 0 Å². The van der Waals surface area contributed by atoms with E-state index in [-0.39, 0.29) is 6.61 Å². The first-order chi connectivity index (χ1) is 10.7. The predicted octanol–water partition coefficient (Wildman–Crippen LogP) is 1.51. The van der Waals surface area contributed by atoms with Crippen molar-refractivity contribution in [3.63, 3.8) is 0 Å². The van der Waals surface area contributed by atoms with Crippen molar-refractivity contribution in [3.8, 4) is 0 Å². The van der Waals surface area contributed by atoms with Crippen LogP contribution < -0.4 is 0 Å². The Labute approximate surface area is 127 Å². The van der Waals surface area contributed by atoms with Gasteiger partial charge in [-0.2, -0.15) is 0 Å². The maximum atomic E-state index is 10.5. The molecule has 8 nitrogen and oxygen atoms in total. The second-order valence-corrected chi connectivity index (χ2v) is 5.14. The normalized spacial score (nSPS) is 37.9. The van der Waals surface area contributed by atoms with Gasteiger partial charge in [0.25, 0.3) is 0 Å². The molecule has 0 bridgehead atoms. The van der Waals surface area contributed by atoms with E-state index in [9.17, 15) is 5.11 Å². The van der Waals surface area contributed by atoms with Crippen LogP contribution >= 0.6 is 0 Å². The maximum absolute atomic E-state index is 10.5. The van der Waals surface area contributed by atoms with Crippen LogP contribution in [0, 0.1) is 0 Å². The number of nitrogens with zero attached hydrogens (tertiary/aromatic N) is 3. The molecule has 0 amide bonds. The van der Waals surface area contributed by atoms with E-state index in [2.05, 4.69) is 10.0 Å². The summed E-state index contributed by atoms with van der Waals surface area (Å²) in [5.74, 6) is 0. The Morgan fingerprint density at radius 1 is 1.32 bits per heavy atom. The summed E-state index contributed by atoms with van der Waals surface area (Å²) in [6, 6.07) is 8.55. The molecule has 0 spiro atoms. The number of ether oxygens (including phenoxy) is 4. The van der Waals surface area contributed by atoms with E-state index < -0.39 is 36.9 Å². The smallest absolute Gasteiger partial charge is 0.184 e. The number of rotatable bonds is 3. The molecule has 0 unspecified atom stereocenters. The summed E-state index contributed by atoms with van der Waals surface area (Å²) in [7, 11) is 1.43. The molecular weight excluding hydrogens is 290 g/mol. The van der Waals surface area contributed by atoms with Gasteiger partial charge in [-0.3, -0.25) is 0 Å². The summed E-state index contributed by atoms with van der Waals surface area (Å²) < 4.78 is 22.3. The van der Waals surface area contributed by atoms with Crippen molar-refractivity contribution in [2.45, 2.75) is 36.9 Å². The number of aliphatic hydroxyl groups is 1. The summed E-state index contributed by atoms with van der Waals surface area (Å²) in [4.78, 5) is 2.74. The number of methoxy groups -OCH3 is 1. The Kier molecular flexibility index (Phi) is 4.58. The highest BCUT2D eigenvalue weighted by molar-refractivity contribution is 5.16. The molecule has 2 aliphatic rings. The van der Waals surface area contributed by atoms with Gasteiger partial charge < -0.3 is 24.1 Å². The van der Waals surface area contributed by atoms with Crippen molar-refractivity contribution in [1.29, 1.82) is 0 Å². The summed E-state index contributed by atoms with van der Waals surface area (Å²) in [5, 5.41) is 14.0. The second kappa shape index (κ2) is 6.62.